The number of phenols is 1. The highest BCUT2D eigenvalue weighted by Gasteiger charge is 2.32. The number of anilines is 1. The molecule has 31 heavy (non-hydrogen) atoms. The Kier molecular flexibility index (Phi) is 4.00. The van der Waals surface area contributed by atoms with Gasteiger partial charge in [-0.2, -0.15) is 5.10 Å². The molecule has 2 aromatic heterocycles. The standard InChI is InChI=1S/C24H22FN5O/c25-14-9-10-18(20(31)11-14)22-21-23(26)27-12-28-24(21)30(29-22)19-6-2-4-16-15(13-7-8-13)3-1-5-17(16)19/h1,3,5,9-13,19,31H,2,4,6-8H2,(H2,26,27,28). The summed E-state index contributed by atoms with van der Waals surface area (Å²) < 4.78 is 15.5. The highest BCUT2D eigenvalue weighted by atomic mass is 19.1. The normalized spacial score (nSPS) is 18.3. The van der Waals surface area contributed by atoms with Crippen molar-refractivity contribution < 1.29 is 9.50 Å². The molecule has 1 saturated carbocycles. The third kappa shape index (κ3) is 2.87. The zero-order chi connectivity index (χ0) is 21.1. The average molecular weight is 415 g/mol. The quantitative estimate of drug-likeness (QED) is 0.505. The summed E-state index contributed by atoms with van der Waals surface area (Å²) in [6.45, 7) is 0. The van der Waals surface area contributed by atoms with Gasteiger partial charge in [0.05, 0.1) is 11.4 Å². The lowest BCUT2D eigenvalue weighted by Crippen LogP contribution is -2.20. The van der Waals surface area contributed by atoms with Gasteiger partial charge in [0, 0.05) is 11.6 Å². The molecule has 0 saturated heterocycles. The van der Waals surface area contributed by atoms with Crippen molar-refractivity contribution in [3.05, 3.63) is 65.2 Å². The summed E-state index contributed by atoms with van der Waals surface area (Å²) >= 11 is 0. The number of nitrogens with zero attached hydrogens (tertiary/aromatic N) is 4. The minimum absolute atomic E-state index is 0.0237. The molecule has 0 aliphatic heterocycles. The molecular weight excluding hydrogens is 393 g/mol. The van der Waals surface area contributed by atoms with Gasteiger partial charge in [-0.15, -0.1) is 0 Å². The van der Waals surface area contributed by atoms with Crippen LogP contribution >= 0.6 is 0 Å². The fraction of sp³-hybridized carbons (Fsp3) is 0.292. The van der Waals surface area contributed by atoms with E-state index in [2.05, 4.69) is 28.2 Å². The highest BCUT2D eigenvalue weighted by Crippen LogP contribution is 2.46. The number of nitrogens with two attached hydrogens (primary N) is 1. The molecule has 7 heteroatoms. The van der Waals surface area contributed by atoms with E-state index in [-0.39, 0.29) is 17.6 Å². The second-order valence-electron chi connectivity index (χ2n) is 8.51. The van der Waals surface area contributed by atoms with E-state index in [1.807, 2.05) is 4.68 Å². The van der Waals surface area contributed by atoms with Gasteiger partial charge >= 0.3 is 0 Å². The second kappa shape index (κ2) is 6.77. The van der Waals surface area contributed by atoms with Crippen molar-refractivity contribution in [2.75, 3.05) is 5.73 Å². The van der Waals surface area contributed by atoms with Gasteiger partial charge in [0.1, 0.15) is 29.4 Å². The topological polar surface area (TPSA) is 89.8 Å². The lowest BCUT2D eigenvalue weighted by atomic mass is 9.83. The first-order valence-corrected chi connectivity index (χ1v) is 10.7. The third-order valence-corrected chi connectivity index (χ3v) is 6.56. The van der Waals surface area contributed by atoms with Crippen molar-refractivity contribution in [2.24, 2.45) is 0 Å². The van der Waals surface area contributed by atoms with E-state index in [1.54, 1.807) is 0 Å². The predicted molar refractivity (Wildman–Crippen MR) is 116 cm³/mol. The van der Waals surface area contributed by atoms with Crippen molar-refractivity contribution in [3.63, 3.8) is 0 Å². The van der Waals surface area contributed by atoms with E-state index in [0.717, 1.165) is 25.3 Å². The monoisotopic (exact) mass is 415 g/mol. The molecule has 6 rings (SSSR count). The van der Waals surface area contributed by atoms with Crippen molar-refractivity contribution in [1.29, 1.82) is 0 Å². The molecule has 156 valence electrons. The number of benzene rings is 2. The fourth-order valence-electron chi connectivity index (χ4n) is 4.99. The van der Waals surface area contributed by atoms with Crippen LogP contribution in [0, 0.1) is 5.82 Å². The minimum Gasteiger partial charge on any atom is -0.507 e. The largest absolute Gasteiger partial charge is 0.507 e. The average Bonchev–Trinajstić information content (AvgIpc) is 3.54. The van der Waals surface area contributed by atoms with E-state index < -0.39 is 5.82 Å². The summed E-state index contributed by atoms with van der Waals surface area (Å²) in [5.41, 5.74) is 11.9. The summed E-state index contributed by atoms with van der Waals surface area (Å²) in [5, 5.41) is 15.9. The van der Waals surface area contributed by atoms with Gasteiger partial charge < -0.3 is 10.8 Å². The van der Waals surface area contributed by atoms with Gasteiger partial charge in [-0.25, -0.2) is 19.0 Å². The SMILES string of the molecule is Nc1ncnc2c1c(-c1ccc(F)cc1O)nn2C1CCCc2c(C3CC3)cccc21. The molecule has 6 nitrogen and oxygen atoms in total. The number of phenolic OH excluding ortho intramolecular Hbond substituents is 1. The van der Waals surface area contributed by atoms with Crippen LogP contribution in [0.3, 0.4) is 0 Å². The Morgan fingerprint density at radius 3 is 2.71 bits per heavy atom. The van der Waals surface area contributed by atoms with E-state index in [9.17, 15) is 9.50 Å². The molecule has 3 N–H and O–H groups in total. The first kappa shape index (κ1) is 18.3. The number of rotatable bonds is 3. The first-order chi connectivity index (χ1) is 15.1. The number of nitrogen functional groups attached to an aromatic ring is 1. The molecule has 2 aliphatic carbocycles. The van der Waals surface area contributed by atoms with E-state index in [4.69, 9.17) is 10.8 Å². The zero-order valence-electron chi connectivity index (χ0n) is 16.9. The Hall–Kier alpha value is -3.48. The van der Waals surface area contributed by atoms with Gasteiger partial charge in [0.2, 0.25) is 0 Å². The molecule has 0 amide bonds. The van der Waals surface area contributed by atoms with Crippen LogP contribution in [0.15, 0.2) is 42.7 Å². The number of halogens is 1. The van der Waals surface area contributed by atoms with Gasteiger partial charge in [0.15, 0.2) is 5.65 Å². The second-order valence-corrected chi connectivity index (χ2v) is 8.51. The van der Waals surface area contributed by atoms with Gasteiger partial charge in [0.25, 0.3) is 0 Å². The molecule has 1 unspecified atom stereocenters. The van der Waals surface area contributed by atoms with Crippen LogP contribution in [-0.4, -0.2) is 24.9 Å². The molecule has 1 atom stereocenters. The Bertz CT molecular complexity index is 1330. The smallest absolute Gasteiger partial charge is 0.164 e. The molecule has 2 heterocycles. The number of aromatic nitrogens is 4. The number of fused-ring (bicyclic) bond motifs is 2. The van der Waals surface area contributed by atoms with Gasteiger partial charge in [-0.3, -0.25) is 0 Å². The Labute approximate surface area is 178 Å². The third-order valence-electron chi connectivity index (χ3n) is 6.56. The summed E-state index contributed by atoms with van der Waals surface area (Å²) in [4.78, 5) is 8.65. The number of hydrogen-bond acceptors (Lipinski definition) is 5. The lowest BCUT2D eigenvalue weighted by Gasteiger charge is -2.28. The lowest BCUT2D eigenvalue weighted by molar-refractivity contribution is 0.457. The number of aromatic hydroxyl groups is 1. The van der Waals surface area contributed by atoms with Crippen LogP contribution < -0.4 is 5.73 Å². The summed E-state index contributed by atoms with van der Waals surface area (Å²) in [6.07, 6.45) is 7.07. The van der Waals surface area contributed by atoms with Crippen molar-refractivity contribution in [1.82, 2.24) is 19.7 Å². The van der Waals surface area contributed by atoms with Crippen LogP contribution in [0.5, 0.6) is 5.75 Å². The van der Waals surface area contributed by atoms with E-state index in [0.29, 0.717) is 28.2 Å². The summed E-state index contributed by atoms with van der Waals surface area (Å²) in [5.74, 6) is 0.281. The van der Waals surface area contributed by atoms with Crippen LogP contribution in [0.4, 0.5) is 10.2 Å². The highest BCUT2D eigenvalue weighted by molar-refractivity contribution is 5.99. The molecule has 0 spiro atoms. The Morgan fingerprint density at radius 2 is 1.90 bits per heavy atom. The number of hydrogen-bond donors (Lipinski definition) is 2. The predicted octanol–water partition coefficient (Wildman–Crippen LogP) is 4.72. The van der Waals surface area contributed by atoms with Crippen molar-refractivity contribution >= 4 is 16.9 Å². The van der Waals surface area contributed by atoms with Crippen molar-refractivity contribution in [3.8, 4) is 17.0 Å². The fourth-order valence-corrected chi connectivity index (χ4v) is 4.99. The molecule has 0 bridgehead atoms. The maximum atomic E-state index is 13.6. The Balaban J connectivity index is 1.58. The summed E-state index contributed by atoms with van der Waals surface area (Å²) in [6, 6.07) is 10.5. The maximum absolute atomic E-state index is 13.6. The molecule has 1 fully saturated rings. The molecule has 4 aromatic rings. The minimum atomic E-state index is -0.511. The molecule has 2 aromatic carbocycles. The van der Waals surface area contributed by atoms with Crippen LogP contribution in [0.25, 0.3) is 22.3 Å². The van der Waals surface area contributed by atoms with Gasteiger partial charge in [-0.05, 0) is 66.8 Å². The molecule has 2 aliphatic rings. The first-order valence-electron chi connectivity index (χ1n) is 10.7. The van der Waals surface area contributed by atoms with Gasteiger partial charge in [-0.1, -0.05) is 18.2 Å². The molecule has 0 radical (unpaired) electrons. The van der Waals surface area contributed by atoms with Crippen LogP contribution in [0.2, 0.25) is 0 Å². The zero-order valence-corrected chi connectivity index (χ0v) is 16.9. The summed E-state index contributed by atoms with van der Waals surface area (Å²) in [7, 11) is 0. The molecular formula is C24H22FN5O. The van der Waals surface area contributed by atoms with E-state index >= 15 is 0 Å². The van der Waals surface area contributed by atoms with Crippen LogP contribution in [0.1, 0.15) is 54.3 Å². The van der Waals surface area contributed by atoms with Crippen LogP contribution in [-0.2, 0) is 6.42 Å². The Morgan fingerprint density at radius 1 is 1.06 bits per heavy atom. The van der Waals surface area contributed by atoms with E-state index in [1.165, 1.54) is 48.0 Å². The maximum Gasteiger partial charge on any atom is 0.164 e. The van der Waals surface area contributed by atoms with Crippen molar-refractivity contribution in [2.45, 2.75) is 44.1 Å².